The maximum absolute atomic E-state index is 12.2. The molecule has 1 rings (SSSR count). The molecule has 0 atom stereocenters. The number of urea groups is 1. The zero-order valence-corrected chi connectivity index (χ0v) is 12.8. The molecular formula is C14H27N3O3. The van der Waals surface area contributed by atoms with Crippen LogP contribution in [0.1, 0.15) is 32.6 Å². The molecule has 0 aromatic rings. The largest absolute Gasteiger partial charge is 0.481 e. The van der Waals surface area contributed by atoms with Gasteiger partial charge in [0.1, 0.15) is 0 Å². The molecule has 1 fully saturated rings. The summed E-state index contributed by atoms with van der Waals surface area (Å²) < 4.78 is 0. The van der Waals surface area contributed by atoms with Crippen LogP contribution in [-0.4, -0.2) is 67.2 Å². The van der Waals surface area contributed by atoms with Gasteiger partial charge in [-0.2, -0.15) is 0 Å². The number of carbonyl (C=O) groups is 2. The Morgan fingerprint density at radius 2 is 1.85 bits per heavy atom. The number of likely N-dealkylation sites (N-methyl/N-ethyl adjacent to an activating group) is 1. The molecule has 2 N–H and O–H groups in total. The van der Waals surface area contributed by atoms with E-state index in [-0.39, 0.29) is 12.6 Å². The molecular weight excluding hydrogens is 258 g/mol. The zero-order valence-electron chi connectivity index (χ0n) is 12.8. The predicted octanol–water partition coefficient (Wildman–Crippen LogP) is 1.22. The van der Waals surface area contributed by atoms with E-state index >= 15 is 0 Å². The Hall–Kier alpha value is -1.30. The monoisotopic (exact) mass is 285 g/mol. The topological polar surface area (TPSA) is 72.9 Å². The summed E-state index contributed by atoms with van der Waals surface area (Å²) in [5.41, 5.74) is -0.727. The Morgan fingerprint density at radius 1 is 1.20 bits per heavy atom. The van der Waals surface area contributed by atoms with E-state index in [2.05, 4.69) is 5.32 Å². The molecule has 116 valence electrons. The highest BCUT2D eigenvalue weighted by molar-refractivity contribution is 5.78. The first-order valence-electron chi connectivity index (χ1n) is 7.32. The first-order chi connectivity index (χ1) is 9.41. The van der Waals surface area contributed by atoms with Crippen molar-refractivity contribution in [2.24, 2.45) is 5.41 Å². The number of carboxylic acids is 1. The van der Waals surface area contributed by atoms with Gasteiger partial charge in [0.25, 0.3) is 0 Å². The molecule has 0 bridgehead atoms. The number of amides is 2. The fraction of sp³-hybridized carbons (Fsp3) is 0.857. The van der Waals surface area contributed by atoms with E-state index in [1.807, 2.05) is 25.9 Å². The van der Waals surface area contributed by atoms with Crippen molar-refractivity contribution in [3.63, 3.8) is 0 Å². The Morgan fingerprint density at radius 3 is 2.25 bits per heavy atom. The van der Waals surface area contributed by atoms with Crippen LogP contribution in [0.4, 0.5) is 4.79 Å². The van der Waals surface area contributed by atoms with Crippen LogP contribution >= 0.6 is 0 Å². The Kier molecular flexibility index (Phi) is 6.26. The van der Waals surface area contributed by atoms with E-state index in [0.29, 0.717) is 25.9 Å². The van der Waals surface area contributed by atoms with E-state index in [0.717, 1.165) is 19.4 Å². The summed E-state index contributed by atoms with van der Waals surface area (Å²) >= 11 is 0. The minimum absolute atomic E-state index is 0.152. The lowest BCUT2D eigenvalue weighted by Crippen LogP contribution is -2.51. The third-order valence-corrected chi connectivity index (χ3v) is 3.94. The summed E-state index contributed by atoms with van der Waals surface area (Å²) in [6.45, 7) is 4.42. The Bertz CT molecular complexity index is 341. The highest BCUT2D eigenvalue weighted by atomic mass is 16.4. The molecule has 6 nitrogen and oxygen atoms in total. The van der Waals surface area contributed by atoms with Gasteiger partial charge in [-0.25, -0.2) is 4.79 Å². The average molecular weight is 285 g/mol. The van der Waals surface area contributed by atoms with Crippen LogP contribution in [0.5, 0.6) is 0 Å². The van der Waals surface area contributed by atoms with E-state index in [1.54, 1.807) is 4.90 Å². The van der Waals surface area contributed by atoms with Crippen molar-refractivity contribution in [2.45, 2.75) is 32.6 Å². The first kappa shape index (κ1) is 16.8. The molecule has 0 aromatic carbocycles. The van der Waals surface area contributed by atoms with Gasteiger partial charge < -0.3 is 20.2 Å². The van der Waals surface area contributed by atoms with Gasteiger partial charge in [-0.05, 0) is 33.4 Å². The lowest BCUT2D eigenvalue weighted by Gasteiger charge is -2.38. The van der Waals surface area contributed by atoms with Gasteiger partial charge in [0, 0.05) is 26.2 Å². The van der Waals surface area contributed by atoms with Crippen LogP contribution in [-0.2, 0) is 4.79 Å². The number of nitrogens with one attached hydrogen (secondary N) is 1. The predicted molar refractivity (Wildman–Crippen MR) is 77.7 cm³/mol. The quantitative estimate of drug-likeness (QED) is 0.703. The van der Waals surface area contributed by atoms with Gasteiger partial charge in [-0.1, -0.05) is 13.3 Å². The van der Waals surface area contributed by atoms with Crippen molar-refractivity contribution in [1.29, 1.82) is 0 Å². The maximum atomic E-state index is 12.2. The van der Waals surface area contributed by atoms with E-state index in [4.69, 9.17) is 0 Å². The summed E-state index contributed by atoms with van der Waals surface area (Å²) in [4.78, 5) is 27.2. The molecule has 0 radical (unpaired) electrons. The second-order valence-corrected chi connectivity index (χ2v) is 5.89. The lowest BCUT2D eigenvalue weighted by molar-refractivity contribution is -0.153. The van der Waals surface area contributed by atoms with Crippen LogP contribution in [0.25, 0.3) is 0 Å². The minimum Gasteiger partial charge on any atom is -0.481 e. The lowest BCUT2D eigenvalue weighted by atomic mass is 9.69. The van der Waals surface area contributed by atoms with Crippen molar-refractivity contribution >= 4 is 12.0 Å². The van der Waals surface area contributed by atoms with E-state index in [1.165, 1.54) is 0 Å². The standard InChI is InChI=1S/C14H27N3O3/c1-4-8-17(10-9-16(2)3)13(20)15-11-14(12(18)19)6-5-7-14/h4-11H2,1-3H3,(H,15,20)(H,18,19). The fourth-order valence-corrected chi connectivity index (χ4v) is 2.33. The number of hydrogen-bond acceptors (Lipinski definition) is 3. The average Bonchev–Trinajstić information content (AvgIpc) is 2.32. The van der Waals surface area contributed by atoms with Crippen LogP contribution < -0.4 is 5.32 Å². The van der Waals surface area contributed by atoms with Crippen LogP contribution in [0.2, 0.25) is 0 Å². The summed E-state index contributed by atoms with van der Waals surface area (Å²) in [6.07, 6.45) is 3.15. The smallest absolute Gasteiger partial charge is 0.317 e. The third kappa shape index (κ3) is 4.37. The molecule has 0 unspecified atom stereocenters. The van der Waals surface area contributed by atoms with Crippen LogP contribution in [0.3, 0.4) is 0 Å². The molecule has 2 amide bonds. The van der Waals surface area contributed by atoms with Crippen molar-refractivity contribution in [3.8, 4) is 0 Å². The molecule has 0 aliphatic heterocycles. The van der Waals surface area contributed by atoms with Crippen LogP contribution in [0, 0.1) is 5.41 Å². The van der Waals surface area contributed by atoms with E-state index < -0.39 is 11.4 Å². The first-order valence-corrected chi connectivity index (χ1v) is 7.32. The second kappa shape index (κ2) is 7.47. The van der Waals surface area contributed by atoms with Crippen molar-refractivity contribution < 1.29 is 14.7 Å². The van der Waals surface area contributed by atoms with Crippen LogP contribution in [0.15, 0.2) is 0 Å². The third-order valence-electron chi connectivity index (χ3n) is 3.94. The van der Waals surface area contributed by atoms with Gasteiger partial charge in [0.05, 0.1) is 5.41 Å². The molecule has 20 heavy (non-hydrogen) atoms. The zero-order chi connectivity index (χ0) is 15.2. The van der Waals surface area contributed by atoms with Gasteiger partial charge >= 0.3 is 12.0 Å². The highest BCUT2D eigenvalue weighted by Gasteiger charge is 2.44. The second-order valence-electron chi connectivity index (χ2n) is 5.89. The summed E-state index contributed by atoms with van der Waals surface area (Å²) in [5, 5.41) is 12.0. The summed E-state index contributed by atoms with van der Waals surface area (Å²) in [7, 11) is 3.94. The van der Waals surface area contributed by atoms with Crippen molar-refractivity contribution in [2.75, 3.05) is 40.3 Å². The van der Waals surface area contributed by atoms with Crippen molar-refractivity contribution in [3.05, 3.63) is 0 Å². The molecule has 0 saturated heterocycles. The molecule has 1 aliphatic rings. The Balaban J connectivity index is 2.46. The molecule has 0 aromatic heterocycles. The number of carbonyl (C=O) groups excluding carboxylic acids is 1. The molecule has 0 spiro atoms. The Labute approximate surface area is 121 Å². The van der Waals surface area contributed by atoms with Gasteiger partial charge in [-0.15, -0.1) is 0 Å². The van der Waals surface area contributed by atoms with E-state index in [9.17, 15) is 14.7 Å². The number of nitrogens with zero attached hydrogens (tertiary/aromatic N) is 2. The molecule has 1 saturated carbocycles. The summed E-state index contributed by atoms with van der Waals surface area (Å²) in [6, 6.07) is -0.152. The molecule has 1 aliphatic carbocycles. The molecule has 6 heteroatoms. The minimum atomic E-state index is -0.792. The van der Waals surface area contributed by atoms with Gasteiger partial charge in [-0.3, -0.25) is 4.79 Å². The van der Waals surface area contributed by atoms with Gasteiger partial charge in [0.15, 0.2) is 0 Å². The van der Waals surface area contributed by atoms with Gasteiger partial charge in [0.2, 0.25) is 0 Å². The number of aliphatic carboxylic acids is 1. The molecule has 0 heterocycles. The number of hydrogen-bond donors (Lipinski definition) is 2. The van der Waals surface area contributed by atoms with Crippen molar-refractivity contribution in [1.82, 2.24) is 15.1 Å². The number of rotatable bonds is 8. The normalized spacial score (nSPS) is 16.6. The maximum Gasteiger partial charge on any atom is 0.317 e. The number of carboxylic acid groups (broad SMARTS) is 1. The fourth-order valence-electron chi connectivity index (χ4n) is 2.33. The SMILES string of the molecule is CCCN(CCN(C)C)C(=O)NCC1(C(=O)O)CCC1. The highest BCUT2D eigenvalue weighted by Crippen LogP contribution is 2.40. The summed E-state index contributed by atoms with van der Waals surface area (Å²) in [5.74, 6) is -0.792.